The molecule has 0 fully saturated rings. The molecule has 1 amide bonds. The smallest absolute Gasteiger partial charge is 0.243 e. The summed E-state index contributed by atoms with van der Waals surface area (Å²) in [5.41, 5.74) is 4.99. The van der Waals surface area contributed by atoms with Gasteiger partial charge in [0.15, 0.2) is 0 Å². The zero-order valence-corrected chi connectivity index (χ0v) is 11.9. The highest BCUT2D eigenvalue weighted by atomic mass is 19.1. The summed E-state index contributed by atoms with van der Waals surface area (Å²) in [7, 11) is 0. The third-order valence-electron chi connectivity index (χ3n) is 3.72. The van der Waals surface area contributed by atoms with Crippen molar-refractivity contribution in [1.29, 1.82) is 0 Å². The third-order valence-corrected chi connectivity index (χ3v) is 3.72. The van der Waals surface area contributed by atoms with Gasteiger partial charge in [-0.3, -0.25) is 4.79 Å². The van der Waals surface area contributed by atoms with E-state index in [0.29, 0.717) is 24.4 Å². The highest BCUT2D eigenvalue weighted by Gasteiger charge is 2.36. The molecule has 1 rings (SSSR count). The molecule has 0 saturated heterocycles. The van der Waals surface area contributed by atoms with Gasteiger partial charge in [-0.15, -0.1) is 0 Å². The van der Waals surface area contributed by atoms with Crippen LogP contribution in [-0.2, 0) is 4.79 Å². The van der Waals surface area contributed by atoms with Crippen LogP contribution in [0, 0.1) is 11.7 Å². The lowest BCUT2D eigenvalue weighted by atomic mass is 9.83. The second kappa shape index (κ2) is 6.55. The first kappa shape index (κ1) is 15.5. The summed E-state index contributed by atoms with van der Waals surface area (Å²) >= 11 is 0. The van der Waals surface area contributed by atoms with E-state index >= 15 is 0 Å². The quantitative estimate of drug-likeness (QED) is 0.795. The minimum absolute atomic E-state index is 0.325. The summed E-state index contributed by atoms with van der Waals surface area (Å²) in [6, 6.07) is 6.34. The fourth-order valence-electron chi connectivity index (χ4n) is 2.18. The molecule has 1 aromatic rings. The average molecular weight is 266 g/mol. The van der Waals surface area contributed by atoms with Gasteiger partial charge in [-0.05, 0) is 30.9 Å². The van der Waals surface area contributed by atoms with Crippen molar-refractivity contribution in [3.8, 4) is 0 Å². The Labute approximate surface area is 114 Å². The zero-order valence-electron chi connectivity index (χ0n) is 11.9. The Morgan fingerprint density at radius 2 is 2.05 bits per heavy atom. The lowest BCUT2D eigenvalue weighted by Gasteiger charge is -2.34. The molecule has 1 aromatic carbocycles. The van der Waals surface area contributed by atoms with E-state index < -0.39 is 11.4 Å². The highest BCUT2D eigenvalue weighted by molar-refractivity contribution is 5.88. The van der Waals surface area contributed by atoms with Crippen LogP contribution in [0.5, 0.6) is 0 Å². The standard InChI is InChI=1S/C15H23FN2O/c1-4-11(3)10-15(5-2,14(17)19)18-13-9-7-6-8-12(13)16/h6-9,11,18H,4-5,10H2,1-3H3,(H2,17,19). The van der Waals surface area contributed by atoms with E-state index in [1.165, 1.54) is 6.07 Å². The van der Waals surface area contributed by atoms with Gasteiger partial charge in [0, 0.05) is 0 Å². The molecule has 0 radical (unpaired) electrons. The molecule has 0 saturated carbocycles. The van der Waals surface area contributed by atoms with Crippen molar-refractivity contribution < 1.29 is 9.18 Å². The molecule has 0 heterocycles. The molecule has 3 N–H and O–H groups in total. The Kier molecular flexibility index (Phi) is 5.33. The molecular weight excluding hydrogens is 243 g/mol. The third kappa shape index (κ3) is 3.69. The molecule has 19 heavy (non-hydrogen) atoms. The van der Waals surface area contributed by atoms with E-state index in [2.05, 4.69) is 19.2 Å². The summed E-state index contributed by atoms with van der Waals surface area (Å²) in [6.07, 6.45) is 2.08. The zero-order chi connectivity index (χ0) is 14.5. The van der Waals surface area contributed by atoms with Crippen molar-refractivity contribution in [3.05, 3.63) is 30.1 Å². The number of amides is 1. The predicted molar refractivity (Wildman–Crippen MR) is 76.3 cm³/mol. The summed E-state index contributed by atoms with van der Waals surface area (Å²) in [5.74, 6) is -0.462. The van der Waals surface area contributed by atoms with Gasteiger partial charge in [0.2, 0.25) is 5.91 Å². The van der Waals surface area contributed by atoms with Crippen molar-refractivity contribution in [2.75, 3.05) is 5.32 Å². The lowest BCUT2D eigenvalue weighted by Crippen LogP contribution is -2.51. The first-order valence-corrected chi connectivity index (χ1v) is 6.77. The monoisotopic (exact) mass is 266 g/mol. The van der Waals surface area contributed by atoms with E-state index in [1.54, 1.807) is 18.2 Å². The molecule has 0 aliphatic heterocycles. The van der Waals surface area contributed by atoms with Crippen LogP contribution >= 0.6 is 0 Å². The largest absolute Gasteiger partial charge is 0.369 e. The van der Waals surface area contributed by atoms with E-state index in [9.17, 15) is 9.18 Å². The van der Waals surface area contributed by atoms with E-state index in [1.807, 2.05) is 6.92 Å². The van der Waals surface area contributed by atoms with E-state index in [4.69, 9.17) is 5.73 Å². The summed E-state index contributed by atoms with van der Waals surface area (Å²) in [4.78, 5) is 11.9. The van der Waals surface area contributed by atoms with Gasteiger partial charge in [-0.2, -0.15) is 0 Å². The molecule has 0 aromatic heterocycles. The van der Waals surface area contributed by atoms with Crippen molar-refractivity contribution in [2.24, 2.45) is 11.7 Å². The van der Waals surface area contributed by atoms with Gasteiger partial charge < -0.3 is 11.1 Å². The Hall–Kier alpha value is -1.58. The van der Waals surface area contributed by atoms with Crippen molar-refractivity contribution in [2.45, 2.75) is 45.6 Å². The number of para-hydroxylation sites is 1. The number of carbonyl (C=O) groups is 1. The predicted octanol–water partition coefficient (Wildman–Crippen LogP) is 3.31. The number of nitrogens with two attached hydrogens (primary N) is 1. The second-order valence-corrected chi connectivity index (χ2v) is 5.12. The Bertz CT molecular complexity index is 436. The molecule has 2 atom stereocenters. The first-order valence-electron chi connectivity index (χ1n) is 6.77. The van der Waals surface area contributed by atoms with Gasteiger partial charge >= 0.3 is 0 Å². The van der Waals surface area contributed by atoms with Crippen LogP contribution in [-0.4, -0.2) is 11.4 Å². The van der Waals surface area contributed by atoms with Crippen LogP contribution in [0.2, 0.25) is 0 Å². The molecule has 3 nitrogen and oxygen atoms in total. The molecule has 0 aliphatic carbocycles. The Balaban J connectivity index is 3.04. The molecule has 4 heteroatoms. The minimum atomic E-state index is -0.891. The molecule has 2 unspecified atom stereocenters. The maximum atomic E-state index is 13.7. The maximum Gasteiger partial charge on any atom is 0.243 e. The molecule has 0 aliphatic rings. The SMILES string of the molecule is CCC(C)CC(CC)(Nc1ccccc1F)C(N)=O. The molecule has 0 spiro atoms. The van der Waals surface area contributed by atoms with Gasteiger partial charge in [0.1, 0.15) is 11.4 Å². The topological polar surface area (TPSA) is 55.1 Å². The molecular formula is C15H23FN2O. The van der Waals surface area contributed by atoms with E-state index in [-0.39, 0.29) is 5.82 Å². The van der Waals surface area contributed by atoms with Gasteiger partial charge in [-0.1, -0.05) is 39.3 Å². The normalized spacial score (nSPS) is 15.6. The number of anilines is 1. The van der Waals surface area contributed by atoms with Crippen LogP contribution in [0.3, 0.4) is 0 Å². The van der Waals surface area contributed by atoms with Gasteiger partial charge in [-0.25, -0.2) is 4.39 Å². The molecule has 106 valence electrons. The number of hydrogen-bond donors (Lipinski definition) is 2. The first-order chi connectivity index (χ1) is 8.95. The summed E-state index contributed by atoms with van der Waals surface area (Å²) in [6.45, 7) is 6.02. The Morgan fingerprint density at radius 3 is 2.53 bits per heavy atom. The summed E-state index contributed by atoms with van der Waals surface area (Å²) in [5, 5.41) is 3.03. The van der Waals surface area contributed by atoms with Crippen molar-refractivity contribution >= 4 is 11.6 Å². The van der Waals surface area contributed by atoms with Gasteiger partial charge in [0.25, 0.3) is 0 Å². The Morgan fingerprint density at radius 1 is 1.42 bits per heavy atom. The van der Waals surface area contributed by atoms with Crippen LogP contribution in [0.15, 0.2) is 24.3 Å². The number of carbonyl (C=O) groups excluding carboxylic acids is 1. The number of hydrogen-bond acceptors (Lipinski definition) is 2. The number of primary amides is 1. The number of halogens is 1. The number of benzene rings is 1. The average Bonchev–Trinajstić information content (AvgIpc) is 2.39. The fourth-order valence-corrected chi connectivity index (χ4v) is 2.18. The fraction of sp³-hybridized carbons (Fsp3) is 0.533. The summed E-state index contributed by atoms with van der Waals surface area (Å²) < 4.78 is 13.7. The second-order valence-electron chi connectivity index (χ2n) is 5.12. The van der Waals surface area contributed by atoms with Crippen LogP contribution in [0.1, 0.15) is 40.0 Å². The number of nitrogens with one attached hydrogen (secondary N) is 1. The van der Waals surface area contributed by atoms with Crippen LogP contribution < -0.4 is 11.1 Å². The number of rotatable bonds is 7. The van der Waals surface area contributed by atoms with Gasteiger partial charge in [0.05, 0.1) is 5.69 Å². The lowest BCUT2D eigenvalue weighted by molar-refractivity contribution is -0.123. The van der Waals surface area contributed by atoms with Crippen LogP contribution in [0.25, 0.3) is 0 Å². The van der Waals surface area contributed by atoms with Crippen LogP contribution in [0.4, 0.5) is 10.1 Å². The van der Waals surface area contributed by atoms with Crippen molar-refractivity contribution in [1.82, 2.24) is 0 Å². The minimum Gasteiger partial charge on any atom is -0.369 e. The molecule has 0 bridgehead atoms. The maximum absolute atomic E-state index is 13.7. The highest BCUT2D eigenvalue weighted by Crippen LogP contribution is 2.28. The van der Waals surface area contributed by atoms with Crippen molar-refractivity contribution in [3.63, 3.8) is 0 Å². The van der Waals surface area contributed by atoms with E-state index in [0.717, 1.165) is 6.42 Å².